The molecule has 0 saturated heterocycles. The van der Waals surface area contributed by atoms with Crippen LogP contribution in [-0.4, -0.2) is 23.3 Å². The first-order chi connectivity index (χ1) is 10.6. The van der Waals surface area contributed by atoms with Crippen molar-refractivity contribution in [3.8, 4) is 0 Å². The molecule has 0 radical (unpaired) electrons. The minimum Gasteiger partial charge on any atom is -0.454 e. The fraction of sp³-hybridized carbons (Fsp3) is 0.0625. The van der Waals surface area contributed by atoms with E-state index in [1.807, 2.05) is 0 Å². The largest absolute Gasteiger partial charge is 0.454 e. The number of hydrogen-bond acceptors (Lipinski definition) is 5. The molecule has 0 spiro atoms. The molecule has 3 aromatic rings. The van der Waals surface area contributed by atoms with Crippen LogP contribution in [0.25, 0.3) is 10.9 Å². The molecule has 0 amide bonds. The zero-order chi connectivity index (χ0) is 15.5. The Morgan fingerprint density at radius 3 is 2.77 bits per heavy atom. The molecule has 0 bridgehead atoms. The van der Waals surface area contributed by atoms with Gasteiger partial charge in [-0.3, -0.25) is 4.79 Å². The maximum Gasteiger partial charge on any atom is 0.339 e. The molecule has 0 atom stereocenters. The monoisotopic (exact) mass is 331 g/mol. The Hall–Kier alpha value is -2.24. The van der Waals surface area contributed by atoms with Crippen LogP contribution in [0.15, 0.2) is 47.8 Å². The van der Waals surface area contributed by atoms with Crippen molar-refractivity contribution in [2.75, 3.05) is 6.61 Å². The highest BCUT2D eigenvalue weighted by molar-refractivity contribution is 7.12. The number of aromatic nitrogens is 1. The van der Waals surface area contributed by atoms with Crippen molar-refractivity contribution < 1.29 is 14.3 Å². The number of Topliss-reactive ketones (excluding diaryl/α,β-unsaturated/α-hetero) is 1. The first-order valence-corrected chi connectivity index (χ1v) is 7.70. The molecule has 4 nitrogen and oxygen atoms in total. The number of benzene rings is 1. The Morgan fingerprint density at radius 1 is 1.18 bits per heavy atom. The molecule has 0 aliphatic carbocycles. The molecular formula is C16H10ClNO3S. The number of para-hydroxylation sites is 1. The number of ketones is 1. The fourth-order valence-corrected chi connectivity index (χ4v) is 2.88. The predicted molar refractivity (Wildman–Crippen MR) is 85.7 cm³/mol. The van der Waals surface area contributed by atoms with Gasteiger partial charge in [0.15, 0.2) is 6.61 Å². The van der Waals surface area contributed by atoms with Gasteiger partial charge in [0.1, 0.15) is 5.15 Å². The van der Waals surface area contributed by atoms with Gasteiger partial charge in [-0.15, -0.1) is 11.3 Å². The molecule has 2 aromatic heterocycles. The number of fused-ring (bicyclic) bond motifs is 1. The van der Waals surface area contributed by atoms with E-state index >= 15 is 0 Å². The van der Waals surface area contributed by atoms with E-state index in [-0.39, 0.29) is 17.5 Å². The van der Waals surface area contributed by atoms with Gasteiger partial charge in [-0.05, 0) is 23.6 Å². The van der Waals surface area contributed by atoms with Gasteiger partial charge in [0, 0.05) is 5.39 Å². The molecule has 0 fully saturated rings. The second-order valence-corrected chi connectivity index (χ2v) is 5.82. The smallest absolute Gasteiger partial charge is 0.339 e. The average molecular weight is 332 g/mol. The van der Waals surface area contributed by atoms with Gasteiger partial charge in [-0.2, -0.15) is 0 Å². The minimum absolute atomic E-state index is 0.204. The van der Waals surface area contributed by atoms with Gasteiger partial charge < -0.3 is 4.74 Å². The van der Waals surface area contributed by atoms with Crippen molar-refractivity contribution in [1.82, 2.24) is 4.98 Å². The lowest BCUT2D eigenvalue weighted by Gasteiger charge is -2.07. The summed E-state index contributed by atoms with van der Waals surface area (Å²) in [6, 6.07) is 12.0. The topological polar surface area (TPSA) is 56.3 Å². The maximum absolute atomic E-state index is 12.2. The van der Waals surface area contributed by atoms with E-state index in [1.54, 1.807) is 41.8 Å². The number of ether oxygens (including phenoxy) is 1. The summed E-state index contributed by atoms with van der Waals surface area (Å²) >= 11 is 7.24. The molecule has 0 aliphatic heterocycles. The zero-order valence-corrected chi connectivity index (χ0v) is 12.9. The SMILES string of the molecule is O=C(COC(=O)c1cc(Cl)nc2ccccc12)c1cccs1. The van der Waals surface area contributed by atoms with E-state index in [9.17, 15) is 9.59 Å². The zero-order valence-electron chi connectivity index (χ0n) is 11.3. The van der Waals surface area contributed by atoms with Crippen LogP contribution in [0.3, 0.4) is 0 Å². The number of nitrogens with zero attached hydrogens (tertiary/aromatic N) is 1. The summed E-state index contributed by atoms with van der Waals surface area (Å²) in [5, 5.41) is 2.64. The van der Waals surface area contributed by atoms with Gasteiger partial charge in [0.2, 0.25) is 5.78 Å². The Labute approximate surface area is 135 Å². The second kappa shape index (κ2) is 6.25. The molecular weight excluding hydrogens is 322 g/mol. The standard InChI is InChI=1S/C16H10ClNO3S/c17-15-8-11(10-4-1-2-5-12(10)18-15)16(20)21-9-13(19)14-6-3-7-22-14/h1-8H,9H2. The van der Waals surface area contributed by atoms with E-state index in [0.29, 0.717) is 21.3 Å². The second-order valence-electron chi connectivity index (χ2n) is 4.49. The molecule has 1 aromatic carbocycles. The number of carbonyl (C=O) groups is 2. The van der Waals surface area contributed by atoms with Crippen LogP contribution in [0.4, 0.5) is 0 Å². The quantitative estimate of drug-likeness (QED) is 0.412. The maximum atomic E-state index is 12.2. The van der Waals surface area contributed by atoms with Gasteiger partial charge in [0.05, 0.1) is 16.0 Å². The molecule has 0 saturated carbocycles. The van der Waals surface area contributed by atoms with Gasteiger partial charge >= 0.3 is 5.97 Å². The molecule has 6 heteroatoms. The fourth-order valence-electron chi connectivity index (χ4n) is 2.03. The van der Waals surface area contributed by atoms with E-state index in [4.69, 9.17) is 16.3 Å². The summed E-state index contributed by atoms with van der Waals surface area (Å²) in [4.78, 5) is 28.8. The van der Waals surface area contributed by atoms with Crippen LogP contribution >= 0.6 is 22.9 Å². The molecule has 0 unspecified atom stereocenters. The number of carbonyl (C=O) groups excluding carboxylic acids is 2. The van der Waals surface area contributed by atoms with Crippen molar-refractivity contribution in [1.29, 1.82) is 0 Å². The van der Waals surface area contributed by atoms with Crippen molar-refractivity contribution in [3.05, 3.63) is 63.4 Å². The molecule has 2 heterocycles. The van der Waals surface area contributed by atoms with Crippen LogP contribution in [-0.2, 0) is 4.74 Å². The lowest BCUT2D eigenvalue weighted by molar-refractivity contribution is 0.0477. The van der Waals surface area contributed by atoms with Crippen molar-refractivity contribution in [2.45, 2.75) is 0 Å². The number of thiophene rings is 1. The van der Waals surface area contributed by atoms with Crippen molar-refractivity contribution >= 4 is 45.6 Å². The van der Waals surface area contributed by atoms with Crippen LogP contribution in [0, 0.1) is 0 Å². The third-order valence-electron chi connectivity index (χ3n) is 3.04. The molecule has 0 N–H and O–H groups in total. The Balaban J connectivity index is 1.82. The van der Waals surface area contributed by atoms with Crippen molar-refractivity contribution in [2.24, 2.45) is 0 Å². The van der Waals surface area contributed by atoms with Crippen LogP contribution in [0.5, 0.6) is 0 Å². The number of esters is 1. The summed E-state index contributed by atoms with van der Waals surface area (Å²) in [5.41, 5.74) is 0.904. The van der Waals surface area contributed by atoms with Crippen LogP contribution in [0.2, 0.25) is 5.15 Å². The molecule has 22 heavy (non-hydrogen) atoms. The predicted octanol–water partition coefficient (Wildman–Crippen LogP) is 3.99. The lowest BCUT2D eigenvalue weighted by Crippen LogP contribution is -2.14. The Morgan fingerprint density at radius 2 is 2.00 bits per heavy atom. The number of rotatable bonds is 4. The third-order valence-corrected chi connectivity index (χ3v) is 4.14. The minimum atomic E-state index is -0.592. The first-order valence-electron chi connectivity index (χ1n) is 6.44. The van der Waals surface area contributed by atoms with Gasteiger partial charge in [0.25, 0.3) is 0 Å². The molecule has 110 valence electrons. The molecule has 3 rings (SSSR count). The van der Waals surface area contributed by atoms with Crippen LogP contribution in [0.1, 0.15) is 20.0 Å². The molecule has 0 aliphatic rings. The van der Waals surface area contributed by atoms with E-state index in [1.165, 1.54) is 17.4 Å². The average Bonchev–Trinajstić information content (AvgIpc) is 3.06. The van der Waals surface area contributed by atoms with Gasteiger partial charge in [-0.1, -0.05) is 35.9 Å². The van der Waals surface area contributed by atoms with Crippen molar-refractivity contribution in [3.63, 3.8) is 0 Å². The van der Waals surface area contributed by atoms with Gasteiger partial charge in [-0.25, -0.2) is 9.78 Å². The first kappa shape index (κ1) is 14.7. The summed E-state index contributed by atoms with van der Waals surface area (Å²) < 4.78 is 5.11. The van der Waals surface area contributed by atoms with Crippen LogP contribution < -0.4 is 0 Å². The summed E-state index contributed by atoms with van der Waals surface area (Å²) in [7, 11) is 0. The Bertz CT molecular complexity index is 846. The number of hydrogen-bond donors (Lipinski definition) is 0. The third kappa shape index (κ3) is 3.00. The normalized spacial score (nSPS) is 10.6. The summed E-state index contributed by atoms with van der Waals surface area (Å²) in [6.45, 7) is -0.298. The number of halogens is 1. The van der Waals surface area contributed by atoms with E-state index in [2.05, 4.69) is 4.98 Å². The number of pyridine rings is 1. The summed E-state index contributed by atoms with van der Waals surface area (Å²) in [6.07, 6.45) is 0. The highest BCUT2D eigenvalue weighted by atomic mass is 35.5. The highest BCUT2D eigenvalue weighted by Gasteiger charge is 2.16. The van der Waals surface area contributed by atoms with E-state index < -0.39 is 5.97 Å². The van der Waals surface area contributed by atoms with E-state index in [0.717, 1.165) is 0 Å². The lowest BCUT2D eigenvalue weighted by atomic mass is 10.1. The highest BCUT2D eigenvalue weighted by Crippen LogP contribution is 2.21. The summed E-state index contributed by atoms with van der Waals surface area (Å²) in [5.74, 6) is -0.821. The Kier molecular flexibility index (Phi) is 4.18.